The van der Waals surface area contributed by atoms with E-state index in [0.29, 0.717) is 33.4 Å². The quantitative estimate of drug-likeness (QED) is 0.158. The zero-order valence-electron chi connectivity index (χ0n) is 24.3. The van der Waals surface area contributed by atoms with Gasteiger partial charge in [0, 0.05) is 0 Å². The summed E-state index contributed by atoms with van der Waals surface area (Å²) >= 11 is 0. The zero-order chi connectivity index (χ0) is 30.3. The van der Waals surface area contributed by atoms with Crippen molar-refractivity contribution >= 4 is 24.2 Å². The first kappa shape index (κ1) is 32.1. The van der Waals surface area contributed by atoms with Gasteiger partial charge < -0.3 is 9.47 Å². The molecule has 0 aliphatic carbocycles. The smallest absolute Gasteiger partial charge is 0.429 e. The topological polar surface area (TPSA) is 142 Å². The lowest BCUT2D eigenvalue weighted by atomic mass is 9.90. The van der Waals surface area contributed by atoms with E-state index in [1.165, 1.54) is 0 Å². The molecule has 12 nitrogen and oxygen atoms in total. The van der Waals surface area contributed by atoms with E-state index >= 15 is 0 Å². The molecule has 0 amide bonds. The molecule has 0 radical (unpaired) electrons. The molecule has 2 aromatic rings. The largest absolute Gasteiger partial charge is 0.543 e. The van der Waals surface area contributed by atoms with E-state index in [4.69, 9.17) is 0 Å². The normalized spacial score (nSPS) is 10.6. The van der Waals surface area contributed by atoms with Gasteiger partial charge in [0.2, 0.25) is 0 Å². The molecule has 2 aromatic carbocycles. The number of hydrogen-bond acceptors (Lipinski definition) is 12. The van der Waals surface area contributed by atoms with Gasteiger partial charge in [-0.1, -0.05) is 0 Å². The third-order valence-corrected chi connectivity index (χ3v) is 7.35. The van der Waals surface area contributed by atoms with Crippen molar-refractivity contribution in [2.24, 2.45) is 0 Å². The first-order valence-electron chi connectivity index (χ1n) is 12.3. The number of hydrogen-bond donors (Lipinski definition) is 0. The van der Waals surface area contributed by atoms with Crippen molar-refractivity contribution in [1.82, 2.24) is 0 Å². The predicted molar refractivity (Wildman–Crippen MR) is 138 cm³/mol. The Bertz CT molecular complexity index is 1170. The van der Waals surface area contributed by atoms with E-state index in [1.807, 2.05) is 41.5 Å². The lowest BCUT2D eigenvalue weighted by Crippen LogP contribution is -2.18. The van der Waals surface area contributed by atoms with Crippen LogP contribution in [0.1, 0.15) is 76.4 Å². The highest BCUT2D eigenvalue weighted by atomic mass is 17.5. The molecule has 218 valence electrons. The van der Waals surface area contributed by atoms with Crippen LogP contribution in [0, 0.1) is 69.2 Å². The van der Waals surface area contributed by atoms with E-state index in [9.17, 15) is 19.2 Å². The van der Waals surface area contributed by atoms with Gasteiger partial charge in [-0.3, -0.25) is 9.78 Å². The molecule has 0 aliphatic heterocycles. The Kier molecular flexibility index (Phi) is 11.0. The van der Waals surface area contributed by atoms with Crippen LogP contribution >= 0.6 is 0 Å². The number of carbonyl (C=O) groups is 4. The Morgan fingerprint density at radius 1 is 0.400 bits per heavy atom. The minimum Gasteiger partial charge on any atom is -0.429 e. The summed E-state index contributed by atoms with van der Waals surface area (Å²) in [4.78, 5) is 65.6. The van der Waals surface area contributed by atoms with Crippen LogP contribution in [0.3, 0.4) is 0 Å². The first-order chi connectivity index (χ1) is 18.7. The average molecular weight is 563 g/mol. The molecule has 0 N–H and O–H groups in total. The van der Waals surface area contributed by atoms with Gasteiger partial charge in [0.15, 0.2) is 0 Å². The van der Waals surface area contributed by atoms with Crippen LogP contribution in [0.15, 0.2) is 0 Å². The third kappa shape index (κ3) is 7.27. The highest BCUT2D eigenvalue weighted by Crippen LogP contribution is 2.27. The van der Waals surface area contributed by atoms with Gasteiger partial charge in [-0.2, -0.15) is 0 Å². The van der Waals surface area contributed by atoms with Gasteiger partial charge in [-0.05, 0) is 125 Å². The second-order valence-corrected chi connectivity index (χ2v) is 9.24. The summed E-state index contributed by atoms with van der Waals surface area (Å²) in [6.07, 6.45) is -2.73. The van der Waals surface area contributed by atoms with Crippen molar-refractivity contribution < 1.29 is 58.3 Å². The van der Waals surface area contributed by atoms with Crippen molar-refractivity contribution in [1.29, 1.82) is 0 Å². The van der Waals surface area contributed by atoms with Crippen LogP contribution in [0.4, 0.5) is 9.59 Å². The van der Waals surface area contributed by atoms with Gasteiger partial charge >= 0.3 is 24.2 Å². The van der Waals surface area contributed by atoms with Gasteiger partial charge in [-0.25, -0.2) is 29.0 Å². The molecule has 0 bridgehead atoms. The summed E-state index contributed by atoms with van der Waals surface area (Å²) < 4.78 is 9.21. The Morgan fingerprint density at radius 3 is 0.925 bits per heavy atom. The number of carbonyl (C=O) groups excluding carboxylic acids is 4. The number of ether oxygens (including phenoxy) is 2. The summed E-state index contributed by atoms with van der Waals surface area (Å²) in [6, 6.07) is 0. The molecular formula is C28H34O12. The molecule has 0 fully saturated rings. The summed E-state index contributed by atoms with van der Waals surface area (Å²) in [6.45, 7) is 17.6. The maximum atomic E-state index is 12.4. The minimum atomic E-state index is -1.37. The molecule has 40 heavy (non-hydrogen) atoms. The molecule has 0 spiro atoms. The molecule has 0 atom stereocenters. The van der Waals surface area contributed by atoms with E-state index in [-0.39, 0.29) is 0 Å². The molecule has 2 rings (SSSR count). The number of benzene rings is 2. The highest BCUT2D eigenvalue weighted by molar-refractivity contribution is 5.94. The van der Waals surface area contributed by atoms with Crippen LogP contribution in [-0.4, -0.2) is 37.5 Å². The second-order valence-electron chi connectivity index (χ2n) is 9.24. The molecule has 12 heteroatoms. The molecule has 0 unspecified atom stereocenters. The van der Waals surface area contributed by atoms with E-state index in [1.54, 1.807) is 27.7 Å². The van der Waals surface area contributed by atoms with Gasteiger partial charge in [0.25, 0.3) is 0 Å². The Labute approximate surface area is 232 Å². The second kappa shape index (κ2) is 13.8. The zero-order valence-corrected chi connectivity index (χ0v) is 24.3. The van der Waals surface area contributed by atoms with E-state index in [2.05, 4.69) is 39.1 Å². The van der Waals surface area contributed by atoms with Crippen LogP contribution in [-0.2, 0) is 39.1 Å². The highest BCUT2D eigenvalue weighted by Gasteiger charge is 2.23. The van der Waals surface area contributed by atoms with Crippen molar-refractivity contribution in [3.8, 4) is 0 Å². The minimum absolute atomic E-state index is 0.298. The summed E-state index contributed by atoms with van der Waals surface area (Å²) in [7, 11) is 0. The predicted octanol–water partition coefficient (Wildman–Crippen LogP) is 5.78. The Balaban J connectivity index is 1.69. The SMILES string of the molecule is Cc1c(C)c(C)c(C(=O)OOOC(=O)OCCOC(=O)OOOC(=O)c2c(C)c(C)c(C)c(C)c2C)c(C)c1C. The van der Waals surface area contributed by atoms with Crippen LogP contribution in [0.5, 0.6) is 0 Å². The van der Waals surface area contributed by atoms with E-state index in [0.717, 1.165) is 33.4 Å². The maximum absolute atomic E-state index is 12.4. The molecule has 0 aromatic heterocycles. The van der Waals surface area contributed by atoms with Gasteiger partial charge in [0.05, 0.1) is 21.2 Å². The lowest BCUT2D eigenvalue weighted by molar-refractivity contribution is -0.453. The molecule has 0 saturated heterocycles. The van der Waals surface area contributed by atoms with Crippen LogP contribution < -0.4 is 0 Å². The summed E-state index contributed by atoms with van der Waals surface area (Å²) in [5.41, 5.74) is 9.28. The van der Waals surface area contributed by atoms with Gasteiger partial charge in [0.1, 0.15) is 13.2 Å². The standard InChI is InChI=1S/C28H34O12/c1-13-15(3)19(7)23(20(8)16(13)4)25(29)35-39-37-27(31)33-11-12-34-28(32)38-40-36-26(30)24-21(9)17(5)14(2)18(6)22(24)10/h11-12H2,1-10H3. The van der Waals surface area contributed by atoms with Crippen molar-refractivity contribution in [3.63, 3.8) is 0 Å². The third-order valence-electron chi connectivity index (χ3n) is 7.35. The fourth-order valence-corrected chi connectivity index (χ4v) is 4.15. The molecule has 0 aliphatic rings. The summed E-state index contributed by atoms with van der Waals surface area (Å²) in [5, 5.41) is 8.47. The van der Waals surface area contributed by atoms with Crippen molar-refractivity contribution in [3.05, 3.63) is 66.8 Å². The van der Waals surface area contributed by atoms with Crippen molar-refractivity contribution in [2.45, 2.75) is 69.2 Å². The fourth-order valence-electron chi connectivity index (χ4n) is 4.15. The summed E-state index contributed by atoms with van der Waals surface area (Å²) in [5.74, 6) is -1.70. The number of rotatable bonds is 9. The maximum Gasteiger partial charge on any atom is 0.543 e. The monoisotopic (exact) mass is 562 g/mol. The van der Waals surface area contributed by atoms with Crippen LogP contribution in [0.2, 0.25) is 0 Å². The fraction of sp³-hybridized carbons (Fsp3) is 0.429. The Hall–Kier alpha value is -4.16. The average Bonchev–Trinajstić information content (AvgIpc) is 2.91. The molecular weight excluding hydrogens is 528 g/mol. The first-order valence-corrected chi connectivity index (χ1v) is 12.3. The Morgan fingerprint density at radius 2 is 0.650 bits per heavy atom. The van der Waals surface area contributed by atoms with Gasteiger partial charge in [-0.15, -0.1) is 0 Å². The van der Waals surface area contributed by atoms with Crippen molar-refractivity contribution in [2.75, 3.05) is 13.2 Å². The molecule has 0 saturated carbocycles. The van der Waals surface area contributed by atoms with Crippen LogP contribution in [0.25, 0.3) is 0 Å². The molecule has 0 heterocycles. The lowest BCUT2D eigenvalue weighted by Gasteiger charge is -2.16. The van der Waals surface area contributed by atoms with E-state index < -0.39 is 37.5 Å².